The molecular formula is C35H50N4O2. The van der Waals surface area contributed by atoms with Crippen LogP contribution in [0, 0.1) is 5.92 Å². The highest BCUT2D eigenvalue weighted by Crippen LogP contribution is 2.41. The Morgan fingerprint density at radius 1 is 0.878 bits per heavy atom. The molecule has 0 amide bonds. The van der Waals surface area contributed by atoms with Crippen LogP contribution in [0.25, 0.3) is 12.2 Å². The molecule has 4 fully saturated rings. The first kappa shape index (κ1) is 29.8. The minimum absolute atomic E-state index is 0.190. The molecule has 6 heterocycles. The third-order valence-corrected chi connectivity index (χ3v) is 9.01. The summed E-state index contributed by atoms with van der Waals surface area (Å²) in [6.45, 7) is 10.7. The number of allylic oxidation sites excluding steroid dienone is 1. The van der Waals surface area contributed by atoms with E-state index in [2.05, 4.69) is 56.6 Å². The molecule has 0 saturated carbocycles. The number of pyridine rings is 2. The van der Waals surface area contributed by atoms with Crippen molar-refractivity contribution >= 4 is 12.2 Å². The van der Waals surface area contributed by atoms with Crippen molar-refractivity contribution in [3.63, 3.8) is 0 Å². The van der Waals surface area contributed by atoms with E-state index in [9.17, 15) is 0 Å². The van der Waals surface area contributed by atoms with Gasteiger partial charge < -0.3 is 14.8 Å². The van der Waals surface area contributed by atoms with E-state index in [0.717, 1.165) is 40.6 Å². The maximum absolute atomic E-state index is 5.70. The summed E-state index contributed by atoms with van der Waals surface area (Å²) in [5.74, 6) is 2.53. The van der Waals surface area contributed by atoms with Crippen molar-refractivity contribution in [2.24, 2.45) is 5.92 Å². The van der Waals surface area contributed by atoms with Crippen molar-refractivity contribution in [2.45, 2.75) is 115 Å². The summed E-state index contributed by atoms with van der Waals surface area (Å²) in [4.78, 5) is 11.2. The smallest absolute Gasteiger partial charge is 0.138 e. The maximum Gasteiger partial charge on any atom is 0.138 e. The van der Waals surface area contributed by atoms with E-state index >= 15 is 0 Å². The summed E-state index contributed by atoms with van der Waals surface area (Å²) < 4.78 is 11.4. The Morgan fingerprint density at radius 3 is 2.02 bits per heavy atom. The normalized spacial score (nSPS) is 24.9. The van der Waals surface area contributed by atoms with Gasteiger partial charge in [-0.15, -0.1) is 0 Å². The second-order valence-corrected chi connectivity index (χ2v) is 12.9. The number of nitrogens with one attached hydrogen (secondary N) is 1. The number of hydrogen-bond donors (Lipinski definition) is 1. The lowest BCUT2D eigenvalue weighted by atomic mass is 9.87. The van der Waals surface area contributed by atoms with Gasteiger partial charge in [0.1, 0.15) is 11.5 Å². The van der Waals surface area contributed by atoms with E-state index in [1.165, 1.54) is 70.9 Å². The Balaban J connectivity index is 0.000000165. The summed E-state index contributed by atoms with van der Waals surface area (Å²) >= 11 is 0. The second-order valence-electron chi connectivity index (χ2n) is 12.9. The summed E-state index contributed by atoms with van der Waals surface area (Å²) in [5.41, 5.74) is 2.72. The lowest BCUT2D eigenvalue weighted by Gasteiger charge is -2.30. The fourth-order valence-electron chi connectivity index (χ4n) is 7.28. The highest BCUT2D eigenvalue weighted by Gasteiger charge is 2.42. The molecule has 2 aromatic heterocycles. The second kappa shape index (κ2) is 14.0. The monoisotopic (exact) mass is 558 g/mol. The van der Waals surface area contributed by atoms with Crippen molar-refractivity contribution in [1.29, 1.82) is 0 Å². The number of fused-ring (bicyclic) bond motifs is 3. The van der Waals surface area contributed by atoms with Gasteiger partial charge in [-0.2, -0.15) is 0 Å². The third-order valence-electron chi connectivity index (χ3n) is 9.01. The highest BCUT2D eigenvalue weighted by molar-refractivity contribution is 5.51. The van der Waals surface area contributed by atoms with Crippen LogP contribution in [0.5, 0.6) is 11.5 Å². The molecule has 0 aliphatic carbocycles. The van der Waals surface area contributed by atoms with Gasteiger partial charge in [0.2, 0.25) is 0 Å². The molecule has 0 spiro atoms. The minimum Gasteiger partial charge on any atom is -0.489 e. The van der Waals surface area contributed by atoms with Gasteiger partial charge in [0.25, 0.3) is 0 Å². The number of hydrogen-bond acceptors (Lipinski definition) is 6. The van der Waals surface area contributed by atoms with Crippen LogP contribution in [0.15, 0.2) is 49.1 Å². The van der Waals surface area contributed by atoms with Crippen molar-refractivity contribution in [3.05, 3.63) is 60.2 Å². The van der Waals surface area contributed by atoms with Gasteiger partial charge in [0.05, 0.1) is 24.6 Å². The Morgan fingerprint density at radius 2 is 1.49 bits per heavy atom. The van der Waals surface area contributed by atoms with Crippen LogP contribution in [0.3, 0.4) is 0 Å². The zero-order valence-corrected chi connectivity index (χ0v) is 25.6. The molecule has 6 rings (SSSR count). The van der Waals surface area contributed by atoms with E-state index in [0.29, 0.717) is 5.54 Å². The largest absolute Gasteiger partial charge is 0.489 e. The summed E-state index contributed by atoms with van der Waals surface area (Å²) in [7, 11) is 0. The van der Waals surface area contributed by atoms with E-state index in [1.54, 1.807) is 12.4 Å². The first-order valence-corrected chi connectivity index (χ1v) is 16.0. The van der Waals surface area contributed by atoms with Gasteiger partial charge in [-0.05, 0) is 128 Å². The highest BCUT2D eigenvalue weighted by atomic mass is 16.5. The standard InChI is InChI=1S/C18H26N2O.C17H24N2O/c1-15(2)21-17-12-16(13-19-14-17)6-3-7-18-8-4-10-20(18)11-5-9-18;1-12(2)20-16-8-13(10-18-11-16)4-3-5-14-9-15-6-7-17(14)19-15/h3,6,12-15H,4-5,7-11H2,1-2H3;3-4,8,10-12,14-15,17,19H,5-7,9H2,1-2H3. The molecule has 4 saturated heterocycles. The van der Waals surface area contributed by atoms with Crippen molar-refractivity contribution in [2.75, 3.05) is 13.1 Å². The Hall–Kier alpha value is -2.70. The average molecular weight is 559 g/mol. The molecule has 0 radical (unpaired) electrons. The zero-order chi connectivity index (χ0) is 28.7. The summed E-state index contributed by atoms with van der Waals surface area (Å²) in [6, 6.07) is 5.69. The van der Waals surface area contributed by atoms with Crippen LogP contribution in [-0.4, -0.2) is 57.8 Å². The maximum atomic E-state index is 5.70. The summed E-state index contributed by atoms with van der Waals surface area (Å²) in [5, 5.41) is 3.69. The van der Waals surface area contributed by atoms with E-state index in [-0.39, 0.29) is 12.2 Å². The van der Waals surface area contributed by atoms with Crippen molar-refractivity contribution in [3.8, 4) is 11.5 Å². The third kappa shape index (κ3) is 8.20. The molecule has 41 heavy (non-hydrogen) atoms. The molecule has 3 atom stereocenters. The van der Waals surface area contributed by atoms with Crippen LogP contribution >= 0.6 is 0 Å². The molecule has 6 nitrogen and oxygen atoms in total. The predicted octanol–water partition coefficient (Wildman–Crippen LogP) is 7.31. The lowest BCUT2D eigenvalue weighted by molar-refractivity contribution is 0.198. The van der Waals surface area contributed by atoms with Crippen LogP contribution < -0.4 is 14.8 Å². The van der Waals surface area contributed by atoms with E-state index in [4.69, 9.17) is 9.47 Å². The number of ether oxygens (including phenoxy) is 2. The molecule has 4 aliphatic rings. The molecule has 0 aromatic carbocycles. The van der Waals surface area contributed by atoms with Gasteiger partial charge in [0.15, 0.2) is 0 Å². The molecule has 2 aromatic rings. The first-order chi connectivity index (χ1) is 19.9. The molecule has 6 heteroatoms. The molecule has 2 bridgehead atoms. The Labute approximate surface area is 247 Å². The fourth-order valence-corrected chi connectivity index (χ4v) is 7.28. The number of aromatic nitrogens is 2. The minimum atomic E-state index is 0.190. The fraction of sp³-hybridized carbons (Fsp3) is 0.600. The quantitative estimate of drug-likeness (QED) is 0.330. The molecular weight excluding hydrogens is 508 g/mol. The van der Waals surface area contributed by atoms with Crippen molar-refractivity contribution in [1.82, 2.24) is 20.2 Å². The van der Waals surface area contributed by atoms with Gasteiger partial charge in [-0.25, -0.2) is 0 Å². The van der Waals surface area contributed by atoms with Gasteiger partial charge in [-0.3, -0.25) is 14.9 Å². The van der Waals surface area contributed by atoms with Crippen LogP contribution in [0.1, 0.15) is 96.6 Å². The molecule has 1 N–H and O–H groups in total. The average Bonchev–Trinajstić information content (AvgIpc) is 3.71. The lowest BCUT2D eigenvalue weighted by Crippen LogP contribution is -2.37. The predicted molar refractivity (Wildman–Crippen MR) is 168 cm³/mol. The molecule has 4 aliphatic heterocycles. The SMILES string of the molecule is CC(C)Oc1cncc(C=CCC23CCCN2CCC3)c1.CC(C)Oc1cncc(C=CCC2CC3CCC2N3)c1. The molecule has 3 unspecified atom stereocenters. The van der Waals surface area contributed by atoms with Gasteiger partial charge in [-0.1, -0.05) is 24.3 Å². The Bertz CT molecular complexity index is 1170. The number of rotatable bonds is 10. The van der Waals surface area contributed by atoms with Gasteiger partial charge >= 0.3 is 0 Å². The Kier molecular flexibility index (Phi) is 10.2. The zero-order valence-electron chi connectivity index (χ0n) is 25.6. The first-order valence-electron chi connectivity index (χ1n) is 16.0. The van der Waals surface area contributed by atoms with Gasteiger partial charge in [0, 0.05) is 30.0 Å². The van der Waals surface area contributed by atoms with Crippen LogP contribution in [-0.2, 0) is 0 Å². The van der Waals surface area contributed by atoms with Crippen LogP contribution in [0.2, 0.25) is 0 Å². The molecule has 222 valence electrons. The van der Waals surface area contributed by atoms with Crippen LogP contribution in [0.4, 0.5) is 0 Å². The topological polar surface area (TPSA) is 59.5 Å². The van der Waals surface area contributed by atoms with E-state index in [1.807, 2.05) is 40.1 Å². The van der Waals surface area contributed by atoms with E-state index < -0.39 is 0 Å². The number of nitrogens with zero attached hydrogens (tertiary/aromatic N) is 3. The summed E-state index contributed by atoms with van der Waals surface area (Å²) in [6.07, 6.45) is 28.6. The van der Waals surface area contributed by atoms with Crippen molar-refractivity contribution < 1.29 is 9.47 Å².